The summed E-state index contributed by atoms with van der Waals surface area (Å²) in [4.78, 5) is 17.8. The van der Waals surface area contributed by atoms with Crippen molar-refractivity contribution in [2.24, 2.45) is 0 Å². The van der Waals surface area contributed by atoms with Crippen LogP contribution in [0, 0.1) is 0 Å². The molecule has 3 nitrogen and oxygen atoms in total. The quantitative estimate of drug-likeness (QED) is 0.769. The average molecular weight is 186 g/mol. The van der Waals surface area contributed by atoms with Crippen LogP contribution in [0.1, 0.15) is 11.3 Å². The summed E-state index contributed by atoms with van der Waals surface area (Å²) in [7, 11) is 0. The highest BCUT2D eigenvalue weighted by Gasteiger charge is 1.95. The van der Waals surface area contributed by atoms with Crippen molar-refractivity contribution in [3.63, 3.8) is 0 Å². The SMILES string of the molecule is O=c1cccc(Cc2cccnc2)[nH]1. The third kappa shape index (κ3) is 2.07. The molecule has 70 valence electrons. The lowest BCUT2D eigenvalue weighted by Gasteiger charge is -1.99. The van der Waals surface area contributed by atoms with E-state index in [1.54, 1.807) is 18.5 Å². The maximum Gasteiger partial charge on any atom is 0.248 e. The highest BCUT2D eigenvalue weighted by Crippen LogP contribution is 2.02. The number of aromatic nitrogens is 2. The van der Waals surface area contributed by atoms with Crippen molar-refractivity contribution in [2.75, 3.05) is 0 Å². The Morgan fingerprint density at radius 3 is 2.86 bits per heavy atom. The zero-order chi connectivity index (χ0) is 9.80. The topological polar surface area (TPSA) is 45.8 Å². The fraction of sp³-hybridized carbons (Fsp3) is 0.0909. The molecule has 1 N–H and O–H groups in total. The molecular formula is C11H10N2O. The van der Waals surface area contributed by atoms with Crippen LogP contribution in [0.25, 0.3) is 0 Å². The summed E-state index contributed by atoms with van der Waals surface area (Å²) in [5, 5.41) is 0. The van der Waals surface area contributed by atoms with E-state index in [-0.39, 0.29) is 5.56 Å². The zero-order valence-corrected chi connectivity index (χ0v) is 7.60. The standard InChI is InChI=1S/C11H10N2O/c14-11-5-1-4-10(13-11)7-9-3-2-6-12-8-9/h1-6,8H,7H2,(H,13,14). The lowest BCUT2D eigenvalue weighted by Crippen LogP contribution is -2.06. The third-order valence-electron chi connectivity index (χ3n) is 1.95. The zero-order valence-electron chi connectivity index (χ0n) is 7.60. The minimum Gasteiger partial charge on any atom is -0.326 e. The van der Waals surface area contributed by atoms with Crippen molar-refractivity contribution >= 4 is 0 Å². The smallest absolute Gasteiger partial charge is 0.248 e. The van der Waals surface area contributed by atoms with E-state index in [0.29, 0.717) is 6.42 Å². The first kappa shape index (κ1) is 8.69. The van der Waals surface area contributed by atoms with E-state index in [9.17, 15) is 4.79 Å². The number of hydrogen-bond donors (Lipinski definition) is 1. The second-order valence-electron chi connectivity index (χ2n) is 3.08. The van der Waals surface area contributed by atoms with Crippen LogP contribution in [0.15, 0.2) is 47.5 Å². The van der Waals surface area contributed by atoms with Gasteiger partial charge in [0.25, 0.3) is 0 Å². The second-order valence-corrected chi connectivity index (χ2v) is 3.08. The molecule has 0 aromatic carbocycles. The predicted molar refractivity (Wildman–Crippen MR) is 54.1 cm³/mol. The highest BCUT2D eigenvalue weighted by molar-refractivity contribution is 5.17. The number of pyridine rings is 2. The van der Waals surface area contributed by atoms with Gasteiger partial charge in [-0.05, 0) is 17.7 Å². The van der Waals surface area contributed by atoms with Crippen molar-refractivity contribution in [2.45, 2.75) is 6.42 Å². The van der Waals surface area contributed by atoms with Gasteiger partial charge in [0.05, 0.1) is 0 Å². The minimum absolute atomic E-state index is 0.0635. The van der Waals surface area contributed by atoms with Crippen LogP contribution >= 0.6 is 0 Å². The molecule has 0 spiro atoms. The number of aromatic amines is 1. The minimum atomic E-state index is -0.0635. The first-order chi connectivity index (χ1) is 6.84. The Kier molecular flexibility index (Phi) is 2.40. The van der Waals surface area contributed by atoms with Gasteiger partial charge in [-0.15, -0.1) is 0 Å². The van der Waals surface area contributed by atoms with E-state index in [4.69, 9.17) is 0 Å². The molecule has 0 fully saturated rings. The molecule has 0 bridgehead atoms. The molecule has 0 saturated heterocycles. The molecule has 14 heavy (non-hydrogen) atoms. The lowest BCUT2D eigenvalue weighted by molar-refractivity contribution is 1.03. The predicted octanol–water partition coefficient (Wildman–Crippen LogP) is 1.36. The van der Waals surface area contributed by atoms with Gasteiger partial charge in [0.2, 0.25) is 5.56 Å². The van der Waals surface area contributed by atoms with Gasteiger partial charge in [-0.25, -0.2) is 0 Å². The number of hydrogen-bond acceptors (Lipinski definition) is 2. The number of nitrogens with zero attached hydrogens (tertiary/aromatic N) is 1. The molecule has 0 saturated carbocycles. The Morgan fingerprint density at radius 1 is 1.21 bits per heavy atom. The van der Waals surface area contributed by atoms with E-state index >= 15 is 0 Å². The van der Waals surface area contributed by atoms with Crippen molar-refractivity contribution in [1.82, 2.24) is 9.97 Å². The molecule has 0 unspecified atom stereocenters. The first-order valence-corrected chi connectivity index (χ1v) is 4.42. The van der Waals surface area contributed by atoms with E-state index in [2.05, 4.69) is 9.97 Å². The van der Waals surface area contributed by atoms with Crippen molar-refractivity contribution < 1.29 is 0 Å². The van der Waals surface area contributed by atoms with Gasteiger partial charge in [-0.1, -0.05) is 12.1 Å². The van der Waals surface area contributed by atoms with Crippen molar-refractivity contribution in [3.05, 3.63) is 64.3 Å². The van der Waals surface area contributed by atoms with Crippen LogP contribution in [0.5, 0.6) is 0 Å². The van der Waals surface area contributed by atoms with Crippen LogP contribution in [0.4, 0.5) is 0 Å². The molecule has 0 atom stereocenters. The fourth-order valence-corrected chi connectivity index (χ4v) is 1.32. The van der Waals surface area contributed by atoms with Crippen molar-refractivity contribution in [1.29, 1.82) is 0 Å². The summed E-state index contributed by atoms with van der Waals surface area (Å²) in [5.74, 6) is 0. The highest BCUT2D eigenvalue weighted by atomic mass is 16.1. The molecule has 0 aliphatic heterocycles. The van der Waals surface area contributed by atoms with Crippen molar-refractivity contribution in [3.8, 4) is 0 Å². The molecule has 3 heteroatoms. The van der Waals surface area contributed by atoms with E-state index in [0.717, 1.165) is 11.3 Å². The largest absolute Gasteiger partial charge is 0.326 e. The normalized spacial score (nSPS) is 10.0. The Morgan fingerprint density at radius 2 is 2.14 bits per heavy atom. The van der Waals surface area contributed by atoms with E-state index in [1.165, 1.54) is 6.07 Å². The number of H-pyrrole nitrogens is 1. The van der Waals surface area contributed by atoms with Gasteiger partial charge < -0.3 is 4.98 Å². The molecule has 2 aromatic heterocycles. The lowest BCUT2D eigenvalue weighted by atomic mass is 10.1. The summed E-state index contributed by atoms with van der Waals surface area (Å²) < 4.78 is 0. The maximum absolute atomic E-state index is 11.0. The van der Waals surface area contributed by atoms with Gasteiger partial charge in [0.1, 0.15) is 0 Å². The number of rotatable bonds is 2. The van der Waals surface area contributed by atoms with Gasteiger partial charge in [0, 0.05) is 30.6 Å². The Balaban J connectivity index is 2.24. The Hall–Kier alpha value is -1.90. The van der Waals surface area contributed by atoms with E-state index in [1.807, 2.05) is 18.2 Å². The average Bonchev–Trinajstić information content (AvgIpc) is 2.19. The van der Waals surface area contributed by atoms with Crippen LogP contribution in [-0.4, -0.2) is 9.97 Å². The monoisotopic (exact) mass is 186 g/mol. The van der Waals surface area contributed by atoms with Gasteiger partial charge in [0.15, 0.2) is 0 Å². The molecular weight excluding hydrogens is 176 g/mol. The third-order valence-corrected chi connectivity index (χ3v) is 1.95. The summed E-state index contributed by atoms with van der Waals surface area (Å²) in [6, 6.07) is 9.03. The van der Waals surface area contributed by atoms with Gasteiger partial charge >= 0.3 is 0 Å². The fourth-order valence-electron chi connectivity index (χ4n) is 1.32. The molecule has 2 aromatic rings. The molecule has 0 aliphatic carbocycles. The molecule has 2 rings (SSSR count). The van der Waals surface area contributed by atoms with E-state index < -0.39 is 0 Å². The summed E-state index contributed by atoms with van der Waals surface area (Å²) in [6.45, 7) is 0. The Bertz CT molecular complexity index is 462. The van der Waals surface area contributed by atoms with Crippen LogP contribution < -0.4 is 5.56 Å². The molecule has 0 amide bonds. The number of nitrogens with one attached hydrogen (secondary N) is 1. The molecule has 2 heterocycles. The first-order valence-electron chi connectivity index (χ1n) is 4.42. The second kappa shape index (κ2) is 3.87. The maximum atomic E-state index is 11.0. The van der Waals surface area contributed by atoms with Gasteiger partial charge in [-0.2, -0.15) is 0 Å². The molecule has 0 radical (unpaired) electrons. The summed E-state index contributed by atoms with van der Waals surface area (Å²) in [6.07, 6.45) is 4.24. The summed E-state index contributed by atoms with van der Waals surface area (Å²) in [5.41, 5.74) is 1.94. The van der Waals surface area contributed by atoms with Crippen LogP contribution in [-0.2, 0) is 6.42 Å². The van der Waals surface area contributed by atoms with Crippen LogP contribution in [0.2, 0.25) is 0 Å². The van der Waals surface area contributed by atoms with Crippen LogP contribution in [0.3, 0.4) is 0 Å². The summed E-state index contributed by atoms with van der Waals surface area (Å²) >= 11 is 0. The molecule has 0 aliphatic rings. The van der Waals surface area contributed by atoms with Gasteiger partial charge in [-0.3, -0.25) is 9.78 Å². The Labute approximate surface area is 81.5 Å².